The van der Waals surface area contributed by atoms with E-state index in [4.69, 9.17) is 14.2 Å². The molecule has 27 heavy (non-hydrogen) atoms. The molecule has 2 rings (SSSR count). The van der Waals surface area contributed by atoms with E-state index in [9.17, 15) is 9.59 Å². The van der Waals surface area contributed by atoms with Gasteiger partial charge in [0.2, 0.25) is 0 Å². The summed E-state index contributed by atoms with van der Waals surface area (Å²) >= 11 is 3.40. The molecule has 144 valence electrons. The second kappa shape index (κ2) is 10.1. The number of hydrogen-bond donors (Lipinski definition) is 0. The van der Waals surface area contributed by atoms with Crippen LogP contribution in [0.3, 0.4) is 0 Å². The first-order chi connectivity index (χ1) is 12.9. The van der Waals surface area contributed by atoms with Crippen LogP contribution in [0.2, 0.25) is 0 Å². The molecule has 6 heteroatoms. The Balaban J connectivity index is 2.06. The number of rotatable bonds is 8. The summed E-state index contributed by atoms with van der Waals surface area (Å²) in [6, 6.07) is 11.4. The second-order valence-corrected chi connectivity index (χ2v) is 7.26. The first-order valence-electron chi connectivity index (χ1n) is 8.82. The van der Waals surface area contributed by atoms with Crippen molar-refractivity contribution in [2.75, 3.05) is 13.2 Å². The van der Waals surface area contributed by atoms with Crippen LogP contribution >= 0.6 is 15.9 Å². The number of benzene rings is 2. The number of carbonyl (C=O) groups excluding carboxylic acids is 2. The third-order valence-electron chi connectivity index (χ3n) is 3.46. The van der Waals surface area contributed by atoms with Gasteiger partial charge in [0, 0.05) is 0 Å². The highest BCUT2D eigenvalue weighted by Crippen LogP contribution is 2.27. The maximum Gasteiger partial charge on any atom is 0.343 e. The van der Waals surface area contributed by atoms with Gasteiger partial charge in [0.05, 0.1) is 28.8 Å². The van der Waals surface area contributed by atoms with Crippen molar-refractivity contribution in [2.45, 2.75) is 27.2 Å². The van der Waals surface area contributed by atoms with Gasteiger partial charge in [-0.15, -0.1) is 0 Å². The largest absolute Gasteiger partial charge is 0.492 e. The van der Waals surface area contributed by atoms with Gasteiger partial charge in [-0.05, 0) is 64.7 Å². The maximum atomic E-state index is 12.4. The van der Waals surface area contributed by atoms with Crippen LogP contribution < -0.4 is 9.47 Å². The molecular formula is C21H23BrO5. The van der Waals surface area contributed by atoms with Crippen LogP contribution in [0, 0.1) is 5.92 Å². The third-order valence-corrected chi connectivity index (χ3v) is 4.08. The van der Waals surface area contributed by atoms with Crippen LogP contribution in [0.4, 0.5) is 0 Å². The molecule has 2 aromatic rings. The molecule has 0 aliphatic rings. The smallest absolute Gasteiger partial charge is 0.343 e. The highest BCUT2D eigenvalue weighted by atomic mass is 79.9. The van der Waals surface area contributed by atoms with Crippen LogP contribution in [0.25, 0.3) is 0 Å². The lowest BCUT2D eigenvalue weighted by molar-refractivity contribution is 0.0457. The monoisotopic (exact) mass is 434 g/mol. The number of esters is 2. The molecule has 0 aliphatic carbocycles. The molecule has 0 radical (unpaired) electrons. The van der Waals surface area contributed by atoms with Gasteiger partial charge in [0.1, 0.15) is 11.5 Å². The minimum atomic E-state index is -0.523. The Morgan fingerprint density at radius 3 is 2.44 bits per heavy atom. The van der Waals surface area contributed by atoms with E-state index in [1.165, 1.54) is 6.07 Å². The molecule has 0 aromatic heterocycles. The molecule has 0 saturated carbocycles. The Bertz CT molecular complexity index is 801. The summed E-state index contributed by atoms with van der Waals surface area (Å²) in [5.74, 6) is 0.231. The molecule has 0 atom stereocenters. The van der Waals surface area contributed by atoms with Crippen LogP contribution in [-0.2, 0) is 4.74 Å². The third kappa shape index (κ3) is 6.40. The van der Waals surface area contributed by atoms with Crippen molar-refractivity contribution >= 4 is 27.9 Å². The minimum absolute atomic E-state index is 0.248. The van der Waals surface area contributed by atoms with Crippen LogP contribution in [0.15, 0.2) is 46.9 Å². The Hall–Kier alpha value is -2.34. The zero-order valence-electron chi connectivity index (χ0n) is 15.7. The van der Waals surface area contributed by atoms with Crippen molar-refractivity contribution in [3.8, 4) is 11.5 Å². The van der Waals surface area contributed by atoms with E-state index >= 15 is 0 Å². The SMILES string of the molecule is CCCOc1ccc(C(=O)Oc2cccc(C(=O)OCC(C)C)c2)cc1Br. The van der Waals surface area contributed by atoms with E-state index in [1.807, 2.05) is 20.8 Å². The van der Waals surface area contributed by atoms with E-state index in [2.05, 4.69) is 15.9 Å². The van der Waals surface area contributed by atoms with Gasteiger partial charge in [0.25, 0.3) is 0 Å². The maximum absolute atomic E-state index is 12.4. The molecule has 0 N–H and O–H groups in total. The molecule has 0 bridgehead atoms. The fourth-order valence-electron chi connectivity index (χ4n) is 2.14. The predicted octanol–water partition coefficient (Wildman–Crippen LogP) is 5.27. The number of hydrogen-bond acceptors (Lipinski definition) is 5. The molecular weight excluding hydrogens is 412 g/mol. The first kappa shape index (κ1) is 21.0. The predicted molar refractivity (Wildman–Crippen MR) is 106 cm³/mol. The zero-order valence-corrected chi connectivity index (χ0v) is 17.2. The van der Waals surface area contributed by atoms with Crippen LogP contribution in [-0.4, -0.2) is 25.2 Å². The van der Waals surface area contributed by atoms with Crippen LogP contribution in [0.1, 0.15) is 47.9 Å². The van der Waals surface area contributed by atoms with Crippen molar-refractivity contribution in [1.29, 1.82) is 0 Å². The Morgan fingerprint density at radius 2 is 1.78 bits per heavy atom. The van der Waals surface area contributed by atoms with Gasteiger partial charge in [-0.3, -0.25) is 0 Å². The Kier molecular flexibility index (Phi) is 7.85. The van der Waals surface area contributed by atoms with Crippen molar-refractivity contribution in [3.05, 3.63) is 58.1 Å². The van der Waals surface area contributed by atoms with Gasteiger partial charge < -0.3 is 14.2 Å². The quantitative estimate of drug-likeness (QED) is 0.418. The molecule has 0 amide bonds. The van der Waals surface area contributed by atoms with E-state index in [0.29, 0.717) is 34.6 Å². The number of halogens is 1. The lowest BCUT2D eigenvalue weighted by Gasteiger charge is -2.10. The standard InChI is InChI=1S/C21H23BrO5/c1-4-10-25-19-9-8-16(12-18(19)22)21(24)27-17-7-5-6-15(11-17)20(23)26-13-14(2)3/h5-9,11-12,14H,4,10,13H2,1-3H3. The first-order valence-corrected chi connectivity index (χ1v) is 9.61. The van der Waals surface area contributed by atoms with Gasteiger partial charge in [-0.25, -0.2) is 9.59 Å². The van der Waals surface area contributed by atoms with E-state index in [1.54, 1.807) is 36.4 Å². The molecule has 0 unspecified atom stereocenters. The van der Waals surface area contributed by atoms with E-state index < -0.39 is 11.9 Å². The zero-order chi connectivity index (χ0) is 19.8. The fourth-order valence-corrected chi connectivity index (χ4v) is 2.63. The molecule has 0 fully saturated rings. The summed E-state index contributed by atoms with van der Waals surface area (Å²) in [5, 5.41) is 0. The molecule has 5 nitrogen and oxygen atoms in total. The molecule has 0 aliphatic heterocycles. The second-order valence-electron chi connectivity index (χ2n) is 6.40. The van der Waals surface area contributed by atoms with Gasteiger partial charge >= 0.3 is 11.9 Å². The summed E-state index contributed by atoms with van der Waals surface area (Å²) < 4.78 is 16.8. The minimum Gasteiger partial charge on any atom is -0.492 e. The highest BCUT2D eigenvalue weighted by molar-refractivity contribution is 9.10. The Morgan fingerprint density at radius 1 is 1.04 bits per heavy atom. The van der Waals surface area contributed by atoms with Crippen LogP contribution in [0.5, 0.6) is 11.5 Å². The van der Waals surface area contributed by atoms with Crippen molar-refractivity contribution in [3.63, 3.8) is 0 Å². The fraction of sp³-hybridized carbons (Fsp3) is 0.333. The normalized spacial score (nSPS) is 10.6. The summed E-state index contributed by atoms with van der Waals surface area (Å²) in [5.41, 5.74) is 0.712. The summed E-state index contributed by atoms with van der Waals surface area (Å²) in [7, 11) is 0. The summed E-state index contributed by atoms with van der Waals surface area (Å²) in [6.45, 7) is 6.88. The summed E-state index contributed by atoms with van der Waals surface area (Å²) in [4.78, 5) is 24.4. The molecule has 0 saturated heterocycles. The highest BCUT2D eigenvalue weighted by Gasteiger charge is 2.14. The van der Waals surface area contributed by atoms with Crippen molar-refractivity contribution in [1.82, 2.24) is 0 Å². The molecule has 0 heterocycles. The van der Waals surface area contributed by atoms with Crippen molar-refractivity contribution in [2.24, 2.45) is 5.92 Å². The van der Waals surface area contributed by atoms with E-state index in [0.717, 1.165) is 6.42 Å². The topological polar surface area (TPSA) is 61.8 Å². The van der Waals surface area contributed by atoms with Gasteiger partial charge in [-0.2, -0.15) is 0 Å². The average Bonchev–Trinajstić information content (AvgIpc) is 2.65. The Labute approximate surface area is 167 Å². The summed E-state index contributed by atoms with van der Waals surface area (Å²) in [6.07, 6.45) is 0.895. The van der Waals surface area contributed by atoms with Crippen molar-refractivity contribution < 1.29 is 23.8 Å². The average molecular weight is 435 g/mol. The number of ether oxygens (including phenoxy) is 3. The molecule has 2 aromatic carbocycles. The van der Waals surface area contributed by atoms with Gasteiger partial charge in [0.15, 0.2) is 0 Å². The van der Waals surface area contributed by atoms with Gasteiger partial charge in [-0.1, -0.05) is 26.8 Å². The van der Waals surface area contributed by atoms with E-state index in [-0.39, 0.29) is 11.7 Å². The molecule has 0 spiro atoms. The lowest BCUT2D eigenvalue weighted by Crippen LogP contribution is -2.12. The number of carbonyl (C=O) groups is 2. The lowest BCUT2D eigenvalue weighted by atomic mass is 10.2.